The summed E-state index contributed by atoms with van der Waals surface area (Å²) in [6, 6.07) is 13.2. The van der Waals surface area contributed by atoms with Crippen LogP contribution < -0.4 is 4.72 Å². The largest absolute Gasteiger partial charge is 0.391 e. The van der Waals surface area contributed by atoms with Gasteiger partial charge in [0.05, 0.1) is 16.7 Å². The smallest absolute Gasteiger partial charge is 0.264 e. The van der Waals surface area contributed by atoms with Crippen LogP contribution in [0.3, 0.4) is 0 Å². The van der Waals surface area contributed by atoms with Gasteiger partial charge in [0.2, 0.25) is 5.95 Å². The molecule has 8 nitrogen and oxygen atoms in total. The van der Waals surface area contributed by atoms with Crippen LogP contribution in [-0.2, 0) is 10.0 Å². The molecule has 1 atom stereocenters. The van der Waals surface area contributed by atoms with E-state index in [2.05, 4.69) is 14.7 Å². The number of aromatic nitrogens is 2. The fourth-order valence-corrected chi connectivity index (χ4v) is 5.44. The first kappa shape index (κ1) is 25.1. The minimum Gasteiger partial charge on any atom is -0.391 e. The normalized spacial score (nSPS) is 16.6. The number of rotatable bonds is 5. The molecular formula is C25H27ClN4O4S. The van der Waals surface area contributed by atoms with Crippen LogP contribution >= 0.6 is 11.6 Å². The molecule has 1 amide bonds. The van der Waals surface area contributed by atoms with E-state index in [4.69, 9.17) is 11.6 Å². The molecule has 0 radical (unpaired) electrons. The lowest BCUT2D eigenvalue weighted by Gasteiger charge is -2.22. The van der Waals surface area contributed by atoms with Crippen molar-refractivity contribution in [2.45, 2.75) is 44.1 Å². The maximum absolute atomic E-state index is 13.2. The van der Waals surface area contributed by atoms with Crippen LogP contribution in [0.4, 0.5) is 5.95 Å². The highest BCUT2D eigenvalue weighted by atomic mass is 35.5. The second-order valence-electron chi connectivity index (χ2n) is 8.70. The second kappa shape index (κ2) is 10.3. The number of aryl methyl sites for hydroxylation is 2. The molecule has 4 rings (SSSR count). The van der Waals surface area contributed by atoms with E-state index in [9.17, 15) is 18.3 Å². The van der Waals surface area contributed by atoms with E-state index < -0.39 is 16.1 Å². The molecule has 1 aliphatic rings. The van der Waals surface area contributed by atoms with Crippen LogP contribution in [0.15, 0.2) is 53.4 Å². The van der Waals surface area contributed by atoms with E-state index >= 15 is 0 Å². The van der Waals surface area contributed by atoms with Crippen molar-refractivity contribution in [3.8, 4) is 11.3 Å². The number of hydrogen-bond acceptors (Lipinski definition) is 6. The lowest BCUT2D eigenvalue weighted by atomic mass is 10.00. The monoisotopic (exact) mass is 514 g/mol. The number of hydrogen-bond donors (Lipinski definition) is 2. The maximum Gasteiger partial charge on any atom is 0.264 e. The van der Waals surface area contributed by atoms with E-state index in [1.807, 2.05) is 32.0 Å². The van der Waals surface area contributed by atoms with Gasteiger partial charge < -0.3 is 10.0 Å². The van der Waals surface area contributed by atoms with Crippen molar-refractivity contribution in [1.82, 2.24) is 14.9 Å². The number of carbonyl (C=O) groups excluding carboxylic acids is 1. The second-order valence-corrected chi connectivity index (χ2v) is 10.8. The van der Waals surface area contributed by atoms with Crippen LogP contribution in [0.2, 0.25) is 5.15 Å². The lowest BCUT2D eigenvalue weighted by molar-refractivity contribution is 0.0655. The average molecular weight is 515 g/mol. The number of β-amino-alcohol motifs (C(OH)–C–C–N with tert-alkyl or cyclic N) is 1. The van der Waals surface area contributed by atoms with Gasteiger partial charge >= 0.3 is 0 Å². The SMILES string of the molecule is Cc1cccc(C)c1-c1cc(Cl)nc(NS(=O)(=O)c2cccc(C(=O)N3CCCCC(O)C3)c2)n1. The van der Waals surface area contributed by atoms with Gasteiger partial charge in [-0.2, -0.15) is 0 Å². The van der Waals surface area contributed by atoms with Crippen molar-refractivity contribution < 1.29 is 18.3 Å². The van der Waals surface area contributed by atoms with E-state index in [-0.39, 0.29) is 34.0 Å². The predicted molar refractivity (Wildman–Crippen MR) is 135 cm³/mol. The Morgan fingerprint density at radius 1 is 1.09 bits per heavy atom. The zero-order valence-corrected chi connectivity index (χ0v) is 21.1. The summed E-state index contributed by atoms with van der Waals surface area (Å²) < 4.78 is 28.7. The Hall–Kier alpha value is -3.01. The molecule has 0 bridgehead atoms. The van der Waals surface area contributed by atoms with Gasteiger partial charge in [0.15, 0.2) is 0 Å². The minimum atomic E-state index is -4.11. The molecule has 35 heavy (non-hydrogen) atoms. The molecule has 0 spiro atoms. The first-order chi connectivity index (χ1) is 16.6. The molecule has 0 aliphatic carbocycles. The number of sulfonamides is 1. The van der Waals surface area contributed by atoms with Crippen LogP contribution in [0.25, 0.3) is 11.3 Å². The Morgan fingerprint density at radius 2 is 1.80 bits per heavy atom. The zero-order chi connectivity index (χ0) is 25.2. The number of likely N-dealkylation sites (tertiary alicyclic amines) is 1. The van der Waals surface area contributed by atoms with Gasteiger partial charge in [-0.25, -0.2) is 23.1 Å². The summed E-state index contributed by atoms with van der Waals surface area (Å²) in [5.41, 5.74) is 3.52. The number of aliphatic hydroxyl groups is 1. The molecule has 10 heteroatoms. The number of halogens is 1. The van der Waals surface area contributed by atoms with Crippen molar-refractivity contribution in [1.29, 1.82) is 0 Å². The van der Waals surface area contributed by atoms with Gasteiger partial charge in [-0.15, -0.1) is 0 Å². The van der Waals surface area contributed by atoms with Gasteiger partial charge in [0.1, 0.15) is 5.15 Å². The van der Waals surface area contributed by atoms with Gasteiger partial charge in [-0.1, -0.05) is 35.9 Å². The molecule has 1 aliphatic heterocycles. The first-order valence-electron chi connectivity index (χ1n) is 11.4. The van der Waals surface area contributed by atoms with Crippen molar-refractivity contribution in [2.24, 2.45) is 0 Å². The fourth-order valence-electron chi connectivity index (χ4n) is 4.27. The molecule has 1 unspecified atom stereocenters. The summed E-state index contributed by atoms with van der Waals surface area (Å²) in [6.45, 7) is 4.62. The van der Waals surface area contributed by atoms with Crippen molar-refractivity contribution in [3.63, 3.8) is 0 Å². The number of nitrogens with one attached hydrogen (secondary N) is 1. The molecule has 2 N–H and O–H groups in total. The molecule has 2 heterocycles. The van der Waals surface area contributed by atoms with Crippen LogP contribution in [0.5, 0.6) is 0 Å². The number of aliphatic hydroxyl groups excluding tert-OH is 1. The predicted octanol–water partition coefficient (Wildman–Crippen LogP) is 4.20. The molecule has 2 aromatic carbocycles. The summed E-state index contributed by atoms with van der Waals surface area (Å²) in [5, 5.41) is 10.1. The maximum atomic E-state index is 13.2. The summed E-state index contributed by atoms with van der Waals surface area (Å²) in [7, 11) is -4.11. The number of nitrogens with zero attached hydrogens (tertiary/aromatic N) is 3. The Kier molecular flexibility index (Phi) is 7.39. The first-order valence-corrected chi connectivity index (χ1v) is 13.2. The van der Waals surface area contributed by atoms with Crippen molar-refractivity contribution in [2.75, 3.05) is 17.8 Å². The summed E-state index contributed by atoms with van der Waals surface area (Å²) >= 11 is 6.20. The van der Waals surface area contributed by atoms with Gasteiger partial charge in [-0.05, 0) is 62.4 Å². The summed E-state index contributed by atoms with van der Waals surface area (Å²) in [6.07, 6.45) is 1.69. The zero-order valence-electron chi connectivity index (χ0n) is 19.5. The molecule has 184 valence electrons. The van der Waals surface area contributed by atoms with Crippen molar-refractivity contribution in [3.05, 3.63) is 70.4 Å². The highest BCUT2D eigenvalue weighted by Crippen LogP contribution is 2.28. The Labute approximate surface area is 210 Å². The highest BCUT2D eigenvalue weighted by molar-refractivity contribution is 7.92. The molecular weight excluding hydrogens is 488 g/mol. The quantitative estimate of drug-likeness (QED) is 0.493. The van der Waals surface area contributed by atoms with Crippen molar-refractivity contribution >= 4 is 33.5 Å². The van der Waals surface area contributed by atoms with Crippen LogP contribution in [0.1, 0.15) is 40.7 Å². The third-order valence-corrected chi connectivity index (χ3v) is 7.50. The van der Waals surface area contributed by atoms with Crippen LogP contribution in [0, 0.1) is 13.8 Å². The number of anilines is 1. The van der Waals surface area contributed by atoms with Gasteiger partial charge in [0.25, 0.3) is 15.9 Å². The fraction of sp³-hybridized carbons (Fsp3) is 0.320. The topological polar surface area (TPSA) is 112 Å². The molecule has 1 fully saturated rings. The number of benzene rings is 2. The third kappa shape index (κ3) is 5.80. The molecule has 1 saturated heterocycles. The van der Waals surface area contributed by atoms with E-state index in [0.717, 1.165) is 29.5 Å². The van der Waals surface area contributed by atoms with E-state index in [0.29, 0.717) is 18.7 Å². The Balaban J connectivity index is 1.62. The Bertz CT molecular complexity index is 1340. The van der Waals surface area contributed by atoms with Crippen LogP contribution in [-0.4, -0.2) is 53.5 Å². The summed E-state index contributed by atoms with van der Waals surface area (Å²) in [5.74, 6) is -0.484. The number of carbonyl (C=O) groups is 1. The van der Waals surface area contributed by atoms with Gasteiger partial charge in [0, 0.05) is 30.3 Å². The average Bonchev–Trinajstić information content (AvgIpc) is 3.02. The highest BCUT2D eigenvalue weighted by Gasteiger charge is 2.24. The molecule has 1 aromatic heterocycles. The molecule has 3 aromatic rings. The van der Waals surface area contributed by atoms with E-state index in [1.54, 1.807) is 17.0 Å². The number of amides is 1. The van der Waals surface area contributed by atoms with E-state index in [1.165, 1.54) is 18.2 Å². The lowest BCUT2D eigenvalue weighted by Crippen LogP contribution is -2.36. The Morgan fingerprint density at radius 3 is 2.54 bits per heavy atom. The standard InChI is InChI=1S/C25H27ClN4O4S/c1-16-7-5-8-17(2)23(16)21-14-22(26)28-25(27-21)29-35(33,34)20-11-6-9-18(13-20)24(32)30-12-4-3-10-19(31)15-30/h5-9,11,13-14,19,31H,3-4,10,12,15H2,1-2H3,(H,27,28,29). The van der Waals surface area contributed by atoms with Gasteiger partial charge in [-0.3, -0.25) is 4.79 Å². The molecule has 0 saturated carbocycles. The summed E-state index contributed by atoms with van der Waals surface area (Å²) in [4.78, 5) is 22.9. The minimum absolute atomic E-state index is 0.0963. The third-order valence-electron chi connectivity index (χ3n) is 5.98.